The van der Waals surface area contributed by atoms with Gasteiger partial charge in [0.05, 0.1) is 5.54 Å². The molecule has 17 heavy (non-hydrogen) atoms. The van der Waals surface area contributed by atoms with Gasteiger partial charge < -0.3 is 0 Å². The lowest BCUT2D eigenvalue weighted by atomic mass is 10.0. The predicted octanol–water partition coefficient (Wildman–Crippen LogP) is 3.32. The van der Waals surface area contributed by atoms with E-state index in [0.29, 0.717) is 6.04 Å². The van der Waals surface area contributed by atoms with Gasteiger partial charge in [0.15, 0.2) is 0 Å². The molecule has 1 unspecified atom stereocenters. The van der Waals surface area contributed by atoms with Crippen molar-refractivity contribution < 1.29 is 0 Å². The highest BCUT2D eigenvalue weighted by Gasteiger charge is 2.16. The maximum Gasteiger partial charge on any atom is 0.0743 e. The van der Waals surface area contributed by atoms with Crippen molar-refractivity contribution in [2.75, 3.05) is 0 Å². The maximum atomic E-state index is 5.47. The molecule has 0 radical (unpaired) electrons. The Morgan fingerprint density at radius 1 is 1.41 bits per heavy atom. The lowest BCUT2D eigenvalue weighted by Gasteiger charge is -2.25. The highest BCUT2D eigenvalue weighted by Crippen LogP contribution is 2.10. The Morgan fingerprint density at radius 2 is 2.12 bits per heavy atom. The Hall–Kier alpha value is -1.26. The molecule has 0 bridgehead atoms. The second-order valence-corrected chi connectivity index (χ2v) is 5.34. The van der Waals surface area contributed by atoms with Gasteiger partial charge in [0, 0.05) is 6.04 Å². The molecule has 0 amide bonds. The lowest BCUT2D eigenvalue weighted by molar-refractivity contribution is 0.406. The number of aryl methyl sites for hydroxylation is 2. The topological polar surface area (TPSA) is 12.0 Å². The molecule has 1 aromatic carbocycles. The van der Waals surface area contributed by atoms with Crippen LogP contribution >= 0.6 is 0 Å². The maximum absolute atomic E-state index is 5.47. The third-order valence-corrected chi connectivity index (χ3v) is 2.92. The van der Waals surface area contributed by atoms with Crippen molar-refractivity contribution in [3.05, 3.63) is 35.4 Å². The van der Waals surface area contributed by atoms with Gasteiger partial charge in [-0.15, -0.1) is 6.42 Å². The number of terminal acetylenes is 1. The van der Waals surface area contributed by atoms with Crippen LogP contribution in [0, 0.1) is 19.3 Å². The minimum Gasteiger partial charge on any atom is -0.299 e. The predicted molar refractivity (Wildman–Crippen MR) is 75.0 cm³/mol. The van der Waals surface area contributed by atoms with Crippen molar-refractivity contribution in [3.63, 3.8) is 0 Å². The Kier molecular flexibility index (Phi) is 4.78. The van der Waals surface area contributed by atoms with Gasteiger partial charge in [0.25, 0.3) is 0 Å². The molecule has 0 spiro atoms. The van der Waals surface area contributed by atoms with Crippen LogP contribution < -0.4 is 5.32 Å². The van der Waals surface area contributed by atoms with E-state index < -0.39 is 0 Å². The fourth-order valence-corrected chi connectivity index (χ4v) is 1.98. The van der Waals surface area contributed by atoms with E-state index in [1.54, 1.807) is 0 Å². The summed E-state index contributed by atoms with van der Waals surface area (Å²) in [5.74, 6) is 2.77. The number of hydrogen-bond donors (Lipinski definition) is 1. The second kappa shape index (κ2) is 5.89. The molecule has 0 saturated carbocycles. The Bertz CT molecular complexity index is 398. The van der Waals surface area contributed by atoms with E-state index in [9.17, 15) is 0 Å². The zero-order valence-electron chi connectivity index (χ0n) is 11.4. The zero-order chi connectivity index (χ0) is 12.9. The van der Waals surface area contributed by atoms with E-state index in [2.05, 4.69) is 49.4 Å². The summed E-state index contributed by atoms with van der Waals surface area (Å²) >= 11 is 0. The SMILES string of the molecule is C#CC(C)(C)NC(C)CCc1cccc(C)c1. The summed E-state index contributed by atoms with van der Waals surface area (Å²) in [6.45, 7) is 8.40. The van der Waals surface area contributed by atoms with E-state index in [-0.39, 0.29) is 5.54 Å². The number of nitrogens with one attached hydrogen (secondary N) is 1. The van der Waals surface area contributed by atoms with Crippen LogP contribution in [0.15, 0.2) is 24.3 Å². The normalized spacial score (nSPS) is 13.1. The summed E-state index contributed by atoms with van der Waals surface area (Å²) < 4.78 is 0. The molecule has 1 heteroatoms. The van der Waals surface area contributed by atoms with Gasteiger partial charge >= 0.3 is 0 Å². The molecule has 0 aliphatic carbocycles. The van der Waals surface area contributed by atoms with Crippen molar-refractivity contribution >= 4 is 0 Å². The van der Waals surface area contributed by atoms with E-state index in [1.165, 1.54) is 11.1 Å². The van der Waals surface area contributed by atoms with Crippen LogP contribution in [-0.4, -0.2) is 11.6 Å². The molecule has 1 aromatic rings. The fourth-order valence-electron chi connectivity index (χ4n) is 1.98. The summed E-state index contributed by atoms with van der Waals surface area (Å²) in [5, 5.41) is 3.45. The van der Waals surface area contributed by atoms with Crippen LogP contribution in [0.25, 0.3) is 0 Å². The van der Waals surface area contributed by atoms with Crippen molar-refractivity contribution in [3.8, 4) is 12.3 Å². The standard InChI is InChI=1S/C16H23N/c1-6-16(4,5)17-14(3)10-11-15-9-7-8-13(2)12-15/h1,7-9,12,14,17H,10-11H2,2-5H3. The van der Waals surface area contributed by atoms with Gasteiger partial charge in [0.1, 0.15) is 0 Å². The molecule has 1 N–H and O–H groups in total. The summed E-state index contributed by atoms with van der Waals surface area (Å²) in [4.78, 5) is 0. The van der Waals surface area contributed by atoms with Gasteiger partial charge in [0.2, 0.25) is 0 Å². The summed E-state index contributed by atoms with van der Waals surface area (Å²) in [7, 11) is 0. The smallest absolute Gasteiger partial charge is 0.0743 e. The molecule has 0 saturated heterocycles. The third-order valence-electron chi connectivity index (χ3n) is 2.92. The fraction of sp³-hybridized carbons (Fsp3) is 0.500. The van der Waals surface area contributed by atoms with Crippen LogP contribution in [0.4, 0.5) is 0 Å². The number of benzene rings is 1. The minimum atomic E-state index is -0.216. The molecule has 0 heterocycles. The van der Waals surface area contributed by atoms with E-state index in [0.717, 1.165) is 12.8 Å². The van der Waals surface area contributed by atoms with Crippen molar-refractivity contribution in [1.82, 2.24) is 5.32 Å². The molecule has 1 atom stereocenters. The average molecular weight is 229 g/mol. The van der Waals surface area contributed by atoms with Crippen LogP contribution in [0.2, 0.25) is 0 Å². The molecule has 92 valence electrons. The summed E-state index contributed by atoms with van der Waals surface area (Å²) in [6.07, 6.45) is 7.67. The summed E-state index contributed by atoms with van der Waals surface area (Å²) in [5.41, 5.74) is 2.51. The van der Waals surface area contributed by atoms with Crippen LogP contribution in [-0.2, 0) is 6.42 Å². The molecule has 0 aliphatic rings. The zero-order valence-corrected chi connectivity index (χ0v) is 11.4. The van der Waals surface area contributed by atoms with Gasteiger partial charge in [-0.1, -0.05) is 35.7 Å². The van der Waals surface area contributed by atoms with Crippen LogP contribution in [0.5, 0.6) is 0 Å². The molecule has 0 aliphatic heterocycles. The highest BCUT2D eigenvalue weighted by atomic mass is 15.0. The van der Waals surface area contributed by atoms with Crippen molar-refractivity contribution in [2.45, 2.75) is 52.1 Å². The third kappa shape index (κ3) is 5.06. The largest absolute Gasteiger partial charge is 0.299 e. The Morgan fingerprint density at radius 3 is 2.71 bits per heavy atom. The van der Waals surface area contributed by atoms with Crippen LogP contribution in [0.3, 0.4) is 0 Å². The molecule has 1 nitrogen and oxygen atoms in total. The molecule has 1 rings (SSSR count). The first-order valence-corrected chi connectivity index (χ1v) is 6.24. The first-order chi connectivity index (χ1) is 7.93. The monoisotopic (exact) mass is 229 g/mol. The van der Waals surface area contributed by atoms with Crippen LogP contribution in [0.1, 0.15) is 38.3 Å². The van der Waals surface area contributed by atoms with Gasteiger partial charge in [-0.3, -0.25) is 5.32 Å². The average Bonchev–Trinajstić information content (AvgIpc) is 2.26. The molecule has 0 aromatic heterocycles. The number of rotatable bonds is 5. The van der Waals surface area contributed by atoms with E-state index >= 15 is 0 Å². The number of hydrogen-bond acceptors (Lipinski definition) is 1. The quantitative estimate of drug-likeness (QED) is 0.764. The Balaban J connectivity index is 2.44. The molecular weight excluding hydrogens is 206 g/mol. The van der Waals surface area contributed by atoms with Crippen molar-refractivity contribution in [2.24, 2.45) is 0 Å². The summed E-state index contributed by atoms with van der Waals surface area (Å²) in [6, 6.07) is 9.12. The first kappa shape index (κ1) is 13.8. The molecular formula is C16H23N. The van der Waals surface area contributed by atoms with Gasteiger partial charge in [-0.2, -0.15) is 0 Å². The Labute approximate surface area is 106 Å². The first-order valence-electron chi connectivity index (χ1n) is 6.24. The lowest BCUT2D eigenvalue weighted by Crippen LogP contribution is -2.43. The highest BCUT2D eigenvalue weighted by molar-refractivity contribution is 5.22. The minimum absolute atomic E-state index is 0.216. The van der Waals surface area contributed by atoms with Gasteiger partial charge in [-0.05, 0) is 46.1 Å². The van der Waals surface area contributed by atoms with Crippen molar-refractivity contribution in [1.29, 1.82) is 0 Å². The second-order valence-electron chi connectivity index (χ2n) is 5.34. The van der Waals surface area contributed by atoms with E-state index in [1.807, 2.05) is 13.8 Å². The van der Waals surface area contributed by atoms with Gasteiger partial charge in [-0.25, -0.2) is 0 Å². The molecule has 0 fully saturated rings. The van der Waals surface area contributed by atoms with E-state index in [4.69, 9.17) is 6.42 Å².